The van der Waals surface area contributed by atoms with Crippen molar-refractivity contribution in [3.05, 3.63) is 59.9 Å². The minimum absolute atomic E-state index is 0.0288. The van der Waals surface area contributed by atoms with E-state index in [1.807, 2.05) is 0 Å². The van der Waals surface area contributed by atoms with E-state index in [1.165, 1.54) is 6.07 Å². The van der Waals surface area contributed by atoms with E-state index in [9.17, 15) is 22.0 Å². The van der Waals surface area contributed by atoms with Crippen LogP contribution in [0.4, 0.5) is 14.5 Å². The van der Waals surface area contributed by atoms with Crippen LogP contribution in [-0.4, -0.2) is 34.7 Å². The highest BCUT2D eigenvalue weighted by Crippen LogP contribution is 2.25. The molecule has 3 aromatic rings. The quantitative estimate of drug-likeness (QED) is 0.623. The molecule has 0 atom stereocenters. The number of anilines is 1. The lowest BCUT2D eigenvalue weighted by Gasteiger charge is -2.10. The maximum absolute atomic E-state index is 13.9. The number of nitrogens with one attached hydrogen (secondary N) is 2. The van der Waals surface area contributed by atoms with Crippen LogP contribution in [0.25, 0.3) is 11.4 Å². The Morgan fingerprint density at radius 1 is 1.15 bits per heavy atom. The molecule has 26 heavy (non-hydrogen) atoms. The maximum Gasteiger partial charge on any atom is 0.335 e. The SMILES string of the molecule is O=C(O)c1cc(F)cc(S(=O)(=O)Nc2ccc(F)c(-c3ncn[nH]3)c2)c1. The molecule has 0 aliphatic rings. The summed E-state index contributed by atoms with van der Waals surface area (Å²) in [5.41, 5.74) is -0.584. The van der Waals surface area contributed by atoms with E-state index in [4.69, 9.17) is 5.11 Å². The zero-order chi connectivity index (χ0) is 18.9. The molecule has 3 N–H and O–H groups in total. The number of sulfonamides is 1. The summed E-state index contributed by atoms with van der Waals surface area (Å²) >= 11 is 0. The Morgan fingerprint density at radius 2 is 1.92 bits per heavy atom. The topological polar surface area (TPSA) is 125 Å². The van der Waals surface area contributed by atoms with Gasteiger partial charge < -0.3 is 5.11 Å². The van der Waals surface area contributed by atoms with Gasteiger partial charge in [0, 0.05) is 5.69 Å². The van der Waals surface area contributed by atoms with E-state index < -0.39 is 38.1 Å². The van der Waals surface area contributed by atoms with E-state index in [0.29, 0.717) is 12.1 Å². The highest BCUT2D eigenvalue weighted by molar-refractivity contribution is 7.92. The standard InChI is InChI=1S/C15H10F2N4O4S/c16-9-3-8(15(22)23)4-11(5-9)26(24,25)21-10-1-2-13(17)12(6-10)14-18-7-19-20-14/h1-7,21H,(H,22,23)(H,18,19,20). The minimum Gasteiger partial charge on any atom is -0.478 e. The molecular formula is C15H10F2N4O4S. The molecule has 0 bridgehead atoms. The van der Waals surface area contributed by atoms with Crippen molar-refractivity contribution in [2.45, 2.75) is 4.90 Å². The first-order chi connectivity index (χ1) is 12.3. The molecule has 11 heteroatoms. The number of H-pyrrole nitrogens is 1. The van der Waals surface area contributed by atoms with Gasteiger partial charge in [-0.15, -0.1) is 0 Å². The minimum atomic E-state index is -4.31. The van der Waals surface area contributed by atoms with Gasteiger partial charge in [0.15, 0.2) is 5.82 Å². The fourth-order valence-electron chi connectivity index (χ4n) is 2.16. The predicted molar refractivity (Wildman–Crippen MR) is 85.9 cm³/mol. The van der Waals surface area contributed by atoms with Crippen molar-refractivity contribution in [3.8, 4) is 11.4 Å². The summed E-state index contributed by atoms with van der Waals surface area (Å²) in [7, 11) is -4.31. The molecule has 2 aromatic carbocycles. The molecule has 0 aliphatic heterocycles. The summed E-state index contributed by atoms with van der Waals surface area (Å²) in [4.78, 5) is 14.2. The molecule has 0 spiro atoms. The number of aromatic carboxylic acids is 1. The second-order valence-electron chi connectivity index (χ2n) is 5.11. The Labute approximate surface area is 145 Å². The first-order valence-corrected chi connectivity index (χ1v) is 8.46. The molecule has 0 saturated heterocycles. The largest absolute Gasteiger partial charge is 0.478 e. The average molecular weight is 380 g/mol. The number of nitrogens with zero attached hydrogens (tertiary/aromatic N) is 2. The van der Waals surface area contributed by atoms with Crippen molar-refractivity contribution >= 4 is 21.7 Å². The van der Waals surface area contributed by atoms with Gasteiger partial charge in [-0.1, -0.05) is 0 Å². The maximum atomic E-state index is 13.9. The number of hydrogen-bond donors (Lipinski definition) is 3. The summed E-state index contributed by atoms with van der Waals surface area (Å²) in [5.74, 6) is -3.08. The smallest absolute Gasteiger partial charge is 0.335 e. The number of hydrogen-bond acceptors (Lipinski definition) is 5. The van der Waals surface area contributed by atoms with Gasteiger partial charge >= 0.3 is 5.97 Å². The predicted octanol–water partition coefficient (Wildman–Crippen LogP) is 2.25. The van der Waals surface area contributed by atoms with Crippen molar-refractivity contribution in [1.82, 2.24) is 15.2 Å². The molecule has 1 aromatic heterocycles. The van der Waals surface area contributed by atoms with Gasteiger partial charge in [0.25, 0.3) is 10.0 Å². The molecule has 3 rings (SSSR count). The lowest BCUT2D eigenvalue weighted by atomic mass is 10.2. The van der Waals surface area contributed by atoms with E-state index in [1.54, 1.807) is 0 Å². The number of halogens is 2. The molecule has 1 heterocycles. The van der Waals surface area contributed by atoms with Crippen LogP contribution in [0.1, 0.15) is 10.4 Å². The number of rotatable bonds is 5. The second-order valence-corrected chi connectivity index (χ2v) is 6.80. The molecule has 0 unspecified atom stereocenters. The summed E-state index contributed by atoms with van der Waals surface area (Å²) in [6.07, 6.45) is 1.16. The summed E-state index contributed by atoms with van der Waals surface area (Å²) in [6.45, 7) is 0. The van der Waals surface area contributed by atoms with Crippen LogP contribution in [0, 0.1) is 11.6 Å². The summed E-state index contributed by atoms with van der Waals surface area (Å²) < 4.78 is 54.4. The number of aromatic nitrogens is 3. The van der Waals surface area contributed by atoms with Crippen molar-refractivity contribution in [1.29, 1.82) is 0 Å². The summed E-state index contributed by atoms with van der Waals surface area (Å²) in [5, 5.41) is 15.0. The van der Waals surface area contributed by atoms with Crippen LogP contribution in [0.3, 0.4) is 0 Å². The van der Waals surface area contributed by atoms with E-state index in [0.717, 1.165) is 24.5 Å². The first kappa shape index (κ1) is 17.5. The lowest BCUT2D eigenvalue weighted by Crippen LogP contribution is -2.14. The monoisotopic (exact) mass is 380 g/mol. The number of carboxylic acid groups (broad SMARTS) is 1. The number of carbonyl (C=O) groups is 1. The van der Waals surface area contributed by atoms with E-state index in [2.05, 4.69) is 19.9 Å². The van der Waals surface area contributed by atoms with Crippen molar-refractivity contribution < 1.29 is 27.1 Å². The first-order valence-electron chi connectivity index (χ1n) is 6.98. The lowest BCUT2D eigenvalue weighted by molar-refractivity contribution is 0.0696. The highest BCUT2D eigenvalue weighted by Gasteiger charge is 2.19. The van der Waals surface area contributed by atoms with Gasteiger partial charge in [0.2, 0.25) is 0 Å². The Hall–Kier alpha value is -3.34. The van der Waals surface area contributed by atoms with Crippen LogP contribution in [0.5, 0.6) is 0 Å². The molecule has 0 amide bonds. The molecule has 0 saturated carbocycles. The van der Waals surface area contributed by atoms with Crippen LogP contribution >= 0.6 is 0 Å². The van der Waals surface area contributed by atoms with Gasteiger partial charge in [-0.25, -0.2) is 27.0 Å². The fourth-order valence-corrected chi connectivity index (χ4v) is 3.27. The molecule has 0 aliphatic carbocycles. The van der Waals surface area contributed by atoms with Gasteiger partial charge in [-0.3, -0.25) is 9.82 Å². The van der Waals surface area contributed by atoms with Crippen LogP contribution in [-0.2, 0) is 10.0 Å². The Bertz CT molecular complexity index is 1090. The molecule has 0 fully saturated rings. The Morgan fingerprint density at radius 3 is 2.58 bits per heavy atom. The van der Waals surface area contributed by atoms with Crippen molar-refractivity contribution in [3.63, 3.8) is 0 Å². The number of aromatic amines is 1. The van der Waals surface area contributed by atoms with Crippen LogP contribution < -0.4 is 4.72 Å². The van der Waals surface area contributed by atoms with Crippen molar-refractivity contribution in [2.24, 2.45) is 0 Å². The zero-order valence-corrected chi connectivity index (χ0v) is 13.6. The van der Waals surface area contributed by atoms with Crippen LogP contribution in [0.2, 0.25) is 0 Å². The third-order valence-electron chi connectivity index (χ3n) is 3.32. The van der Waals surface area contributed by atoms with Crippen LogP contribution in [0.15, 0.2) is 47.6 Å². The molecule has 0 radical (unpaired) electrons. The fraction of sp³-hybridized carbons (Fsp3) is 0. The Balaban J connectivity index is 1.98. The third kappa shape index (κ3) is 3.52. The van der Waals surface area contributed by atoms with E-state index in [-0.39, 0.29) is 17.1 Å². The van der Waals surface area contributed by atoms with E-state index >= 15 is 0 Å². The highest BCUT2D eigenvalue weighted by atomic mass is 32.2. The van der Waals surface area contributed by atoms with Crippen molar-refractivity contribution in [2.75, 3.05) is 4.72 Å². The molecule has 8 nitrogen and oxygen atoms in total. The van der Waals surface area contributed by atoms with Gasteiger partial charge in [-0.2, -0.15) is 5.10 Å². The number of carboxylic acids is 1. The van der Waals surface area contributed by atoms with Gasteiger partial charge in [0.1, 0.15) is 18.0 Å². The molecular weight excluding hydrogens is 370 g/mol. The third-order valence-corrected chi connectivity index (χ3v) is 4.68. The average Bonchev–Trinajstić information content (AvgIpc) is 3.10. The zero-order valence-electron chi connectivity index (χ0n) is 12.8. The number of benzene rings is 2. The normalized spacial score (nSPS) is 11.3. The second kappa shape index (κ2) is 6.52. The molecule has 134 valence electrons. The van der Waals surface area contributed by atoms with Gasteiger partial charge in [-0.05, 0) is 36.4 Å². The summed E-state index contributed by atoms with van der Waals surface area (Å²) in [6, 6.07) is 5.53. The van der Waals surface area contributed by atoms with Gasteiger partial charge in [0.05, 0.1) is 16.0 Å². The Kier molecular flexibility index (Phi) is 4.38.